The number of benzene rings is 1. The van der Waals surface area contributed by atoms with Crippen LogP contribution in [-0.4, -0.2) is 29.2 Å². The summed E-state index contributed by atoms with van der Waals surface area (Å²) in [6.45, 7) is 0. The zero-order valence-electron chi connectivity index (χ0n) is 12.4. The van der Waals surface area contributed by atoms with Crippen molar-refractivity contribution in [2.24, 2.45) is 0 Å². The molecule has 3 aromatic rings. The number of H-pyrrole nitrogens is 1. The number of hydrogen-bond donors (Lipinski definition) is 1. The average molecular weight is 362 g/mol. The van der Waals surface area contributed by atoms with Gasteiger partial charge in [-0.05, 0) is 46.1 Å². The lowest BCUT2D eigenvalue weighted by molar-refractivity contribution is 0.354. The molecular weight excluding hydrogens is 346 g/mol. The predicted octanol–water partition coefficient (Wildman–Crippen LogP) is 3.52. The number of methoxy groups -OCH3 is 2. The van der Waals surface area contributed by atoms with Gasteiger partial charge in [0, 0.05) is 17.1 Å². The Bertz CT molecular complexity index is 801. The van der Waals surface area contributed by atoms with Crippen molar-refractivity contribution < 1.29 is 9.47 Å². The average Bonchev–Trinajstić information content (AvgIpc) is 2.94. The van der Waals surface area contributed by atoms with E-state index >= 15 is 0 Å². The summed E-state index contributed by atoms with van der Waals surface area (Å²) >= 11 is 3.41. The lowest BCUT2D eigenvalue weighted by Crippen LogP contribution is -1.96. The largest absolute Gasteiger partial charge is 0.493 e. The van der Waals surface area contributed by atoms with Gasteiger partial charge in [-0.3, -0.25) is 0 Å². The van der Waals surface area contributed by atoms with E-state index in [-0.39, 0.29) is 0 Å². The minimum Gasteiger partial charge on any atom is -0.493 e. The number of halogens is 1. The first kappa shape index (κ1) is 14.8. The van der Waals surface area contributed by atoms with Gasteiger partial charge in [0.2, 0.25) is 0 Å². The lowest BCUT2D eigenvalue weighted by atomic mass is 10.1. The highest BCUT2D eigenvalue weighted by molar-refractivity contribution is 9.10. The van der Waals surface area contributed by atoms with E-state index in [9.17, 15) is 0 Å². The van der Waals surface area contributed by atoms with E-state index in [0.717, 1.165) is 45.8 Å². The van der Waals surface area contributed by atoms with Crippen molar-refractivity contribution >= 4 is 27.1 Å². The van der Waals surface area contributed by atoms with Gasteiger partial charge in [0.25, 0.3) is 0 Å². The fourth-order valence-electron chi connectivity index (χ4n) is 2.34. The fraction of sp³-hybridized carbons (Fsp3) is 0.250. The van der Waals surface area contributed by atoms with E-state index in [4.69, 9.17) is 9.47 Å². The maximum atomic E-state index is 5.33. The number of nitrogens with one attached hydrogen (secondary N) is 1. The normalized spacial score (nSPS) is 10.9. The minimum atomic E-state index is 0.740. The third kappa shape index (κ3) is 3.06. The van der Waals surface area contributed by atoms with Gasteiger partial charge in [-0.2, -0.15) is 0 Å². The summed E-state index contributed by atoms with van der Waals surface area (Å²) in [6.07, 6.45) is 3.42. The van der Waals surface area contributed by atoms with Crippen molar-refractivity contribution in [3.63, 3.8) is 0 Å². The molecule has 1 N–H and O–H groups in total. The Kier molecular flexibility index (Phi) is 4.29. The van der Waals surface area contributed by atoms with Gasteiger partial charge in [-0.25, -0.2) is 9.97 Å². The van der Waals surface area contributed by atoms with Crippen molar-refractivity contribution in [2.75, 3.05) is 14.2 Å². The van der Waals surface area contributed by atoms with Crippen LogP contribution < -0.4 is 9.47 Å². The Morgan fingerprint density at radius 1 is 1.09 bits per heavy atom. The van der Waals surface area contributed by atoms with Crippen LogP contribution >= 0.6 is 15.9 Å². The number of rotatable bonds is 5. The van der Waals surface area contributed by atoms with E-state index < -0.39 is 0 Å². The summed E-state index contributed by atoms with van der Waals surface area (Å²) in [5.41, 5.74) is 2.86. The van der Waals surface area contributed by atoms with E-state index in [1.165, 1.54) is 5.56 Å². The molecule has 0 radical (unpaired) electrons. The smallest absolute Gasteiger partial charge is 0.177 e. The fourth-order valence-corrected chi connectivity index (χ4v) is 2.67. The Labute approximate surface area is 136 Å². The maximum Gasteiger partial charge on any atom is 0.177 e. The molecule has 2 heterocycles. The number of pyridine rings is 1. The van der Waals surface area contributed by atoms with Gasteiger partial charge in [0.05, 0.1) is 19.7 Å². The highest BCUT2D eigenvalue weighted by atomic mass is 79.9. The topological polar surface area (TPSA) is 60.0 Å². The van der Waals surface area contributed by atoms with Crippen LogP contribution in [0.25, 0.3) is 11.2 Å². The summed E-state index contributed by atoms with van der Waals surface area (Å²) in [5, 5.41) is 0. The monoisotopic (exact) mass is 361 g/mol. The molecule has 6 heteroatoms. The molecular formula is C16H16BrN3O2. The van der Waals surface area contributed by atoms with E-state index in [0.29, 0.717) is 0 Å². The standard InChI is InChI=1S/C16H16BrN3O2/c1-21-13-5-3-10(7-14(13)22-2)4-6-15-19-12-8-11(17)9-18-16(12)20-15/h3,5,7-9H,4,6H2,1-2H3,(H,18,19,20). The Morgan fingerprint density at radius 2 is 1.91 bits per heavy atom. The summed E-state index contributed by atoms with van der Waals surface area (Å²) in [7, 11) is 3.28. The summed E-state index contributed by atoms with van der Waals surface area (Å²) < 4.78 is 11.5. The molecule has 0 saturated heterocycles. The van der Waals surface area contributed by atoms with Gasteiger partial charge in [0.15, 0.2) is 17.1 Å². The van der Waals surface area contributed by atoms with Crippen molar-refractivity contribution in [1.82, 2.24) is 15.0 Å². The molecule has 0 atom stereocenters. The maximum absolute atomic E-state index is 5.33. The predicted molar refractivity (Wildman–Crippen MR) is 88.5 cm³/mol. The Balaban J connectivity index is 1.76. The molecule has 1 aromatic carbocycles. The molecule has 0 fully saturated rings. The third-order valence-electron chi connectivity index (χ3n) is 3.45. The van der Waals surface area contributed by atoms with Crippen LogP contribution in [0.5, 0.6) is 11.5 Å². The molecule has 0 aliphatic rings. The number of fused-ring (bicyclic) bond motifs is 1. The first-order valence-corrected chi connectivity index (χ1v) is 7.70. The van der Waals surface area contributed by atoms with Gasteiger partial charge < -0.3 is 14.5 Å². The SMILES string of the molecule is COc1ccc(CCc2nc3ncc(Br)cc3[nH]2)cc1OC. The third-order valence-corrected chi connectivity index (χ3v) is 3.89. The van der Waals surface area contributed by atoms with Crippen LogP contribution in [0.1, 0.15) is 11.4 Å². The number of hydrogen-bond acceptors (Lipinski definition) is 4. The first-order valence-electron chi connectivity index (χ1n) is 6.90. The van der Waals surface area contributed by atoms with Gasteiger partial charge in [0.1, 0.15) is 5.82 Å². The number of ether oxygens (including phenoxy) is 2. The number of nitrogens with zero attached hydrogens (tertiary/aromatic N) is 2. The van der Waals surface area contributed by atoms with Crippen molar-refractivity contribution in [3.8, 4) is 11.5 Å². The lowest BCUT2D eigenvalue weighted by Gasteiger charge is -2.09. The molecule has 3 rings (SSSR count). The second-order valence-electron chi connectivity index (χ2n) is 4.90. The first-order chi connectivity index (χ1) is 10.7. The van der Waals surface area contributed by atoms with Crippen molar-refractivity contribution in [3.05, 3.63) is 46.3 Å². The van der Waals surface area contributed by atoms with Gasteiger partial charge >= 0.3 is 0 Å². The number of aryl methyl sites for hydroxylation is 2. The molecule has 0 bridgehead atoms. The van der Waals surface area contributed by atoms with Crippen LogP contribution in [0.2, 0.25) is 0 Å². The molecule has 114 valence electrons. The molecule has 0 spiro atoms. The van der Waals surface area contributed by atoms with Gasteiger partial charge in [-0.1, -0.05) is 6.07 Å². The summed E-state index contributed by atoms with van der Waals surface area (Å²) in [6, 6.07) is 7.94. The highest BCUT2D eigenvalue weighted by Gasteiger charge is 2.07. The zero-order chi connectivity index (χ0) is 15.5. The van der Waals surface area contributed by atoms with Crippen LogP contribution in [0.3, 0.4) is 0 Å². The second kappa shape index (κ2) is 6.36. The summed E-state index contributed by atoms with van der Waals surface area (Å²) in [5.74, 6) is 2.41. The van der Waals surface area contributed by atoms with Crippen LogP contribution in [-0.2, 0) is 12.8 Å². The molecule has 2 aromatic heterocycles. The number of aromatic nitrogens is 3. The molecule has 0 aliphatic heterocycles. The molecule has 0 amide bonds. The highest BCUT2D eigenvalue weighted by Crippen LogP contribution is 2.28. The molecule has 0 aliphatic carbocycles. The van der Waals surface area contributed by atoms with Gasteiger partial charge in [-0.15, -0.1) is 0 Å². The van der Waals surface area contributed by atoms with Crippen molar-refractivity contribution in [2.45, 2.75) is 12.8 Å². The zero-order valence-corrected chi connectivity index (χ0v) is 14.0. The van der Waals surface area contributed by atoms with Crippen molar-refractivity contribution in [1.29, 1.82) is 0 Å². The molecule has 22 heavy (non-hydrogen) atoms. The second-order valence-corrected chi connectivity index (χ2v) is 5.81. The molecule has 5 nitrogen and oxygen atoms in total. The number of imidazole rings is 1. The van der Waals surface area contributed by atoms with E-state index in [1.807, 2.05) is 24.3 Å². The van der Waals surface area contributed by atoms with Crippen LogP contribution in [0.15, 0.2) is 34.9 Å². The molecule has 0 saturated carbocycles. The Hall–Kier alpha value is -2.08. The quantitative estimate of drug-likeness (QED) is 0.755. The molecule has 0 unspecified atom stereocenters. The number of aromatic amines is 1. The minimum absolute atomic E-state index is 0.740. The van der Waals surface area contributed by atoms with E-state index in [2.05, 4.69) is 30.9 Å². The van der Waals surface area contributed by atoms with Crippen LogP contribution in [0.4, 0.5) is 0 Å². The van der Waals surface area contributed by atoms with E-state index in [1.54, 1.807) is 20.4 Å². The summed E-state index contributed by atoms with van der Waals surface area (Å²) in [4.78, 5) is 12.1. The van der Waals surface area contributed by atoms with Crippen LogP contribution in [0, 0.1) is 0 Å². The Morgan fingerprint density at radius 3 is 2.68 bits per heavy atom.